The maximum Gasteiger partial charge on any atom is 0.325 e. The van der Waals surface area contributed by atoms with E-state index in [-0.39, 0.29) is 35.2 Å². The Bertz CT molecular complexity index is 628. The van der Waals surface area contributed by atoms with E-state index in [2.05, 4.69) is 22.5 Å². The van der Waals surface area contributed by atoms with E-state index in [9.17, 15) is 14.4 Å². The van der Waals surface area contributed by atoms with Crippen molar-refractivity contribution in [3.05, 3.63) is 22.4 Å². The van der Waals surface area contributed by atoms with E-state index in [0.717, 1.165) is 32.1 Å². The molecule has 2 rings (SSSR count). The molecule has 0 aliphatic heterocycles. The van der Waals surface area contributed by atoms with E-state index in [1.165, 1.54) is 10.8 Å². The fourth-order valence-corrected chi connectivity index (χ4v) is 2.94. The van der Waals surface area contributed by atoms with E-state index in [0.29, 0.717) is 12.5 Å². The van der Waals surface area contributed by atoms with Gasteiger partial charge < -0.3 is 20.2 Å². The summed E-state index contributed by atoms with van der Waals surface area (Å²) in [5.74, 6) is 0.311. The van der Waals surface area contributed by atoms with Gasteiger partial charge in [0.25, 0.3) is 5.91 Å². The second-order valence-corrected chi connectivity index (χ2v) is 6.88. The van der Waals surface area contributed by atoms with Crippen molar-refractivity contribution in [3.63, 3.8) is 0 Å². The molecule has 1 aliphatic rings. The summed E-state index contributed by atoms with van der Waals surface area (Å²) in [5, 5.41) is 5.91. The van der Waals surface area contributed by atoms with Gasteiger partial charge in [-0.05, 0) is 25.2 Å². The monoisotopic (exact) mass is 336 g/mol. The Morgan fingerprint density at radius 1 is 1.42 bits per heavy atom. The molecule has 1 heterocycles. The Labute approximate surface area is 142 Å². The molecule has 1 atom stereocenters. The molecule has 1 aromatic heterocycles. The molecular weight excluding hydrogens is 308 g/mol. The summed E-state index contributed by atoms with van der Waals surface area (Å²) in [6.07, 6.45) is 6.38. The molecule has 0 radical (unpaired) electrons. The largest absolute Gasteiger partial charge is 0.353 e. The highest BCUT2D eigenvalue weighted by atomic mass is 16.2. The number of aryl methyl sites for hydroxylation is 1. The second-order valence-electron chi connectivity index (χ2n) is 6.88. The topological polar surface area (TPSA) is 96.0 Å². The number of carbonyl (C=O) groups excluding carboxylic acids is 2. The number of H-pyrrole nitrogens is 1. The maximum absolute atomic E-state index is 12.0. The molecule has 0 spiro atoms. The number of unbranched alkanes of at least 4 members (excludes halogenated alkanes) is 1. The summed E-state index contributed by atoms with van der Waals surface area (Å²) >= 11 is 0. The van der Waals surface area contributed by atoms with Crippen LogP contribution in [0.1, 0.15) is 56.4 Å². The van der Waals surface area contributed by atoms with Crippen LogP contribution in [0.2, 0.25) is 0 Å². The fraction of sp³-hybridized carbons (Fsp3) is 0.706. The molecule has 1 unspecified atom stereocenters. The molecule has 24 heavy (non-hydrogen) atoms. The lowest BCUT2D eigenvalue weighted by atomic mass is 9.80. The van der Waals surface area contributed by atoms with E-state index in [1.807, 2.05) is 6.92 Å². The molecule has 1 saturated carbocycles. The highest BCUT2D eigenvalue weighted by Gasteiger charge is 2.31. The number of rotatable bonds is 8. The van der Waals surface area contributed by atoms with Crippen LogP contribution in [0.25, 0.3) is 0 Å². The number of nitrogens with one attached hydrogen (secondary N) is 3. The van der Waals surface area contributed by atoms with Crippen molar-refractivity contribution in [2.45, 2.75) is 52.0 Å². The summed E-state index contributed by atoms with van der Waals surface area (Å²) < 4.78 is 1.34. The summed E-state index contributed by atoms with van der Waals surface area (Å²) in [5.41, 5.74) is -0.0276. The SMILES string of the molecule is CCCCC(C)C(=O)NC1CC(CNC(=O)c2cn(C)c(=O)[nH]2)C1. The summed E-state index contributed by atoms with van der Waals surface area (Å²) in [6.45, 7) is 4.66. The third-order valence-electron chi connectivity index (χ3n) is 4.70. The van der Waals surface area contributed by atoms with E-state index < -0.39 is 0 Å². The Kier molecular flexibility index (Phi) is 6.23. The van der Waals surface area contributed by atoms with Gasteiger partial charge in [0.2, 0.25) is 5.91 Å². The van der Waals surface area contributed by atoms with Gasteiger partial charge in [-0.1, -0.05) is 26.7 Å². The van der Waals surface area contributed by atoms with Gasteiger partial charge >= 0.3 is 5.69 Å². The maximum atomic E-state index is 12.0. The number of nitrogens with zero attached hydrogens (tertiary/aromatic N) is 1. The average Bonchev–Trinajstić information content (AvgIpc) is 2.85. The van der Waals surface area contributed by atoms with Crippen LogP contribution in [0.15, 0.2) is 11.0 Å². The van der Waals surface area contributed by atoms with Crippen LogP contribution >= 0.6 is 0 Å². The lowest BCUT2D eigenvalue weighted by Crippen LogP contribution is -2.49. The number of amides is 2. The average molecular weight is 336 g/mol. The molecule has 3 N–H and O–H groups in total. The second kappa shape index (κ2) is 8.17. The van der Waals surface area contributed by atoms with E-state index >= 15 is 0 Å². The molecule has 7 nitrogen and oxygen atoms in total. The van der Waals surface area contributed by atoms with Gasteiger partial charge in [0, 0.05) is 31.7 Å². The van der Waals surface area contributed by atoms with Gasteiger partial charge in [0.15, 0.2) is 0 Å². The van der Waals surface area contributed by atoms with Crippen molar-refractivity contribution in [1.29, 1.82) is 0 Å². The first-order valence-corrected chi connectivity index (χ1v) is 8.74. The smallest absolute Gasteiger partial charge is 0.325 e. The Hall–Kier alpha value is -2.05. The Morgan fingerprint density at radius 2 is 2.12 bits per heavy atom. The molecule has 134 valence electrons. The number of carbonyl (C=O) groups is 2. The molecule has 1 aromatic rings. The van der Waals surface area contributed by atoms with Crippen molar-refractivity contribution >= 4 is 11.8 Å². The Balaban J connectivity index is 1.65. The first-order valence-electron chi connectivity index (χ1n) is 8.74. The zero-order chi connectivity index (χ0) is 17.7. The van der Waals surface area contributed by atoms with Crippen LogP contribution in [0.5, 0.6) is 0 Å². The van der Waals surface area contributed by atoms with Gasteiger partial charge in [-0.15, -0.1) is 0 Å². The number of aromatic amines is 1. The zero-order valence-corrected chi connectivity index (χ0v) is 14.7. The summed E-state index contributed by atoms with van der Waals surface area (Å²) in [4.78, 5) is 37.8. The predicted octanol–water partition coefficient (Wildman–Crippen LogP) is 1.16. The fourth-order valence-electron chi connectivity index (χ4n) is 2.94. The molecule has 0 bridgehead atoms. The minimum Gasteiger partial charge on any atom is -0.353 e. The summed E-state index contributed by atoms with van der Waals surface area (Å²) in [6, 6.07) is 0.222. The van der Waals surface area contributed by atoms with E-state index in [4.69, 9.17) is 0 Å². The van der Waals surface area contributed by atoms with Gasteiger partial charge in [-0.2, -0.15) is 0 Å². The van der Waals surface area contributed by atoms with Crippen molar-refractivity contribution in [2.24, 2.45) is 18.9 Å². The number of hydrogen-bond acceptors (Lipinski definition) is 3. The van der Waals surface area contributed by atoms with Crippen molar-refractivity contribution in [1.82, 2.24) is 20.2 Å². The standard InChI is InChI=1S/C17H28N4O3/c1-4-5-6-11(2)15(22)19-13-7-12(8-13)9-18-16(23)14-10-21(3)17(24)20-14/h10-13H,4-9H2,1-3H3,(H,18,23)(H,19,22)(H,20,24). The summed E-state index contributed by atoms with van der Waals surface area (Å²) in [7, 11) is 1.59. The van der Waals surface area contributed by atoms with Crippen molar-refractivity contribution in [3.8, 4) is 0 Å². The molecule has 0 saturated heterocycles. The zero-order valence-electron chi connectivity index (χ0n) is 14.7. The lowest BCUT2D eigenvalue weighted by molar-refractivity contribution is -0.126. The predicted molar refractivity (Wildman–Crippen MR) is 91.7 cm³/mol. The van der Waals surface area contributed by atoms with Crippen LogP contribution < -0.4 is 16.3 Å². The minimum absolute atomic E-state index is 0.0682. The van der Waals surface area contributed by atoms with Crippen molar-refractivity contribution in [2.75, 3.05) is 6.54 Å². The quantitative estimate of drug-likeness (QED) is 0.665. The van der Waals surface area contributed by atoms with Crippen LogP contribution in [-0.2, 0) is 11.8 Å². The molecule has 1 aliphatic carbocycles. The Morgan fingerprint density at radius 3 is 2.71 bits per heavy atom. The molecular formula is C17H28N4O3. The normalized spacial score (nSPS) is 21.0. The van der Waals surface area contributed by atoms with Gasteiger partial charge in [-0.25, -0.2) is 4.79 Å². The number of hydrogen-bond donors (Lipinski definition) is 3. The third kappa shape index (κ3) is 4.72. The first-order chi connectivity index (χ1) is 11.4. The minimum atomic E-state index is -0.302. The van der Waals surface area contributed by atoms with Gasteiger partial charge in [-0.3, -0.25) is 9.59 Å². The number of aromatic nitrogens is 2. The van der Waals surface area contributed by atoms with Crippen LogP contribution in [0, 0.1) is 11.8 Å². The third-order valence-corrected chi connectivity index (χ3v) is 4.70. The van der Waals surface area contributed by atoms with Crippen molar-refractivity contribution < 1.29 is 9.59 Å². The first kappa shape index (κ1) is 18.3. The lowest BCUT2D eigenvalue weighted by Gasteiger charge is -2.36. The van der Waals surface area contributed by atoms with Crippen LogP contribution in [0.3, 0.4) is 0 Å². The molecule has 1 fully saturated rings. The van der Waals surface area contributed by atoms with Crippen LogP contribution in [-0.4, -0.2) is 34.0 Å². The van der Waals surface area contributed by atoms with Crippen LogP contribution in [0.4, 0.5) is 0 Å². The van der Waals surface area contributed by atoms with Gasteiger partial charge in [0.1, 0.15) is 5.69 Å². The molecule has 7 heteroatoms. The highest BCUT2D eigenvalue weighted by molar-refractivity contribution is 5.92. The number of imidazole rings is 1. The molecule has 2 amide bonds. The highest BCUT2D eigenvalue weighted by Crippen LogP contribution is 2.27. The van der Waals surface area contributed by atoms with Gasteiger partial charge in [0.05, 0.1) is 0 Å². The molecule has 0 aromatic carbocycles. The van der Waals surface area contributed by atoms with E-state index in [1.54, 1.807) is 7.05 Å².